The molecular formula is C8H9N3OS. The zero-order valence-electron chi connectivity index (χ0n) is 6.92. The van der Waals surface area contributed by atoms with Gasteiger partial charge in [0, 0.05) is 19.2 Å². The molecule has 1 unspecified atom stereocenters. The number of aromatic nitrogens is 2. The average Bonchev–Trinajstić information content (AvgIpc) is 2.73. The summed E-state index contributed by atoms with van der Waals surface area (Å²) < 4.78 is 0. The van der Waals surface area contributed by atoms with Crippen LogP contribution in [0.4, 0.5) is 0 Å². The monoisotopic (exact) mass is 195 g/mol. The Balaban J connectivity index is 2.34. The van der Waals surface area contributed by atoms with Crippen molar-refractivity contribution in [2.24, 2.45) is 4.99 Å². The summed E-state index contributed by atoms with van der Waals surface area (Å²) in [4.78, 5) is 4.31. The minimum Gasteiger partial charge on any atom is -0.396 e. The first-order valence-corrected chi connectivity index (χ1v) is 4.86. The molecule has 1 aromatic rings. The van der Waals surface area contributed by atoms with Crippen LogP contribution in [0.25, 0.3) is 0 Å². The Hall–Kier alpha value is -1.07. The largest absolute Gasteiger partial charge is 0.396 e. The molecule has 0 spiro atoms. The van der Waals surface area contributed by atoms with Gasteiger partial charge in [0.05, 0.1) is 0 Å². The fraction of sp³-hybridized carbons (Fsp3) is 0.375. The van der Waals surface area contributed by atoms with Crippen LogP contribution in [0.15, 0.2) is 22.7 Å². The van der Waals surface area contributed by atoms with Crippen molar-refractivity contribution in [2.45, 2.75) is 12.0 Å². The molecule has 0 radical (unpaired) electrons. The lowest BCUT2D eigenvalue weighted by atomic mass is 9.98. The summed E-state index contributed by atoms with van der Waals surface area (Å²) in [6.07, 6.45) is 6.12. The van der Waals surface area contributed by atoms with Gasteiger partial charge in [-0.1, -0.05) is 0 Å². The number of rotatable bonds is 3. The molecular weight excluding hydrogens is 186 g/mol. The first-order valence-electron chi connectivity index (χ1n) is 3.98. The predicted molar refractivity (Wildman–Crippen MR) is 50.9 cm³/mol. The maximum absolute atomic E-state index is 8.94. The molecule has 2 rings (SSSR count). The highest BCUT2D eigenvalue weighted by Crippen LogP contribution is 2.33. The Morgan fingerprint density at radius 1 is 1.54 bits per heavy atom. The molecule has 5 heteroatoms. The Bertz CT molecular complexity index is 319. The van der Waals surface area contributed by atoms with E-state index in [4.69, 9.17) is 5.11 Å². The van der Waals surface area contributed by atoms with E-state index in [1.807, 2.05) is 12.2 Å². The third-order valence-electron chi connectivity index (χ3n) is 1.99. The topological polar surface area (TPSA) is 58.4 Å². The van der Waals surface area contributed by atoms with Crippen LogP contribution in [0.3, 0.4) is 0 Å². The first kappa shape index (κ1) is 8.52. The number of hydrogen-bond donors (Lipinski definition) is 1. The molecule has 68 valence electrons. The summed E-state index contributed by atoms with van der Waals surface area (Å²) in [5.74, 6) is 0. The van der Waals surface area contributed by atoms with Crippen molar-refractivity contribution < 1.29 is 5.11 Å². The van der Waals surface area contributed by atoms with Gasteiger partial charge in [-0.2, -0.15) is 0 Å². The fourth-order valence-electron chi connectivity index (χ4n) is 1.33. The predicted octanol–water partition coefficient (Wildman–Crippen LogP) is 0.756. The number of aliphatic hydroxyl groups excluding tert-OH is 1. The second kappa shape index (κ2) is 3.35. The SMILES string of the molecule is OCCC1(c2nncs2)C=CC=N1. The second-order valence-corrected chi connectivity index (χ2v) is 3.61. The van der Waals surface area contributed by atoms with Gasteiger partial charge in [0.25, 0.3) is 0 Å². The molecule has 0 saturated heterocycles. The number of aliphatic imine (C=N–C) groups is 1. The summed E-state index contributed by atoms with van der Waals surface area (Å²) in [6, 6.07) is 0. The number of hydrogen-bond acceptors (Lipinski definition) is 5. The van der Waals surface area contributed by atoms with E-state index in [0.717, 1.165) is 5.01 Å². The highest BCUT2D eigenvalue weighted by atomic mass is 32.1. The van der Waals surface area contributed by atoms with E-state index in [-0.39, 0.29) is 6.61 Å². The zero-order chi connectivity index (χ0) is 9.15. The lowest BCUT2D eigenvalue weighted by Crippen LogP contribution is -2.20. The molecule has 4 nitrogen and oxygen atoms in total. The summed E-state index contributed by atoms with van der Waals surface area (Å²) >= 11 is 1.46. The minimum absolute atomic E-state index is 0.0985. The second-order valence-electron chi connectivity index (χ2n) is 2.78. The van der Waals surface area contributed by atoms with Gasteiger partial charge < -0.3 is 5.11 Å². The Labute approximate surface area is 79.7 Å². The summed E-state index contributed by atoms with van der Waals surface area (Å²) in [5, 5.41) is 17.5. The van der Waals surface area contributed by atoms with Gasteiger partial charge in [-0.05, 0) is 12.2 Å². The quantitative estimate of drug-likeness (QED) is 0.774. The van der Waals surface area contributed by atoms with Crippen molar-refractivity contribution in [3.63, 3.8) is 0 Å². The standard InChI is InChI=1S/C8H9N3OS/c12-5-3-8(2-1-4-9-8)7-11-10-6-13-7/h1-2,4,6,12H,3,5H2. The molecule has 0 aromatic carbocycles. The van der Waals surface area contributed by atoms with Gasteiger partial charge in [0.15, 0.2) is 0 Å². The fourth-order valence-corrected chi connectivity index (χ4v) is 2.05. The lowest BCUT2D eigenvalue weighted by molar-refractivity contribution is 0.259. The summed E-state index contributed by atoms with van der Waals surface area (Å²) in [7, 11) is 0. The molecule has 1 aliphatic heterocycles. The van der Waals surface area contributed by atoms with Gasteiger partial charge >= 0.3 is 0 Å². The molecule has 0 saturated carbocycles. The van der Waals surface area contributed by atoms with Crippen molar-refractivity contribution in [1.82, 2.24) is 10.2 Å². The van der Waals surface area contributed by atoms with Crippen LogP contribution < -0.4 is 0 Å². The van der Waals surface area contributed by atoms with Crippen molar-refractivity contribution in [3.05, 3.63) is 22.7 Å². The molecule has 2 heterocycles. The molecule has 1 aromatic heterocycles. The van der Waals surface area contributed by atoms with Gasteiger partial charge in [-0.25, -0.2) is 0 Å². The zero-order valence-corrected chi connectivity index (χ0v) is 7.74. The number of allylic oxidation sites excluding steroid dienone is 1. The molecule has 13 heavy (non-hydrogen) atoms. The van der Waals surface area contributed by atoms with E-state index in [2.05, 4.69) is 15.2 Å². The lowest BCUT2D eigenvalue weighted by Gasteiger charge is -2.19. The van der Waals surface area contributed by atoms with Crippen molar-refractivity contribution in [1.29, 1.82) is 0 Å². The highest BCUT2D eigenvalue weighted by molar-refractivity contribution is 7.09. The number of nitrogens with zero attached hydrogens (tertiary/aromatic N) is 3. The molecule has 1 N–H and O–H groups in total. The van der Waals surface area contributed by atoms with E-state index in [9.17, 15) is 0 Å². The maximum atomic E-state index is 8.94. The van der Waals surface area contributed by atoms with Crippen LogP contribution in [0.5, 0.6) is 0 Å². The van der Waals surface area contributed by atoms with E-state index in [1.54, 1.807) is 11.7 Å². The van der Waals surface area contributed by atoms with E-state index < -0.39 is 5.54 Å². The van der Waals surface area contributed by atoms with Crippen molar-refractivity contribution >= 4 is 17.6 Å². The molecule has 1 aliphatic rings. The normalized spacial score (nSPS) is 25.6. The Morgan fingerprint density at radius 3 is 3.00 bits per heavy atom. The summed E-state index contributed by atoms with van der Waals surface area (Å²) in [5.41, 5.74) is 1.23. The van der Waals surface area contributed by atoms with E-state index in [1.165, 1.54) is 11.3 Å². The van der Waals surface area contributed by atoms with E-state index >= 15 is 0 Å². The Morgan fingerprint density at radius 2 is 2.46 bits per heavy atom. The molecule has 0 bridgehead atoms. The van der Waals surface area contributed by atoms with Crippen LogP contribution >= 0.6 is 11.3 Å². The van der Waals surface area contributed by atoms with Gasteiger partial charge in [0.2, 0.25) is 0 Å². The van der Waals surface area contributed by atoms with Crippen LogP contribution in [0, 0.1) is 0 Å². The first-order chi connectivity index (χ1) is 6.37. The molecule has 0 fully saturated rings. The molecule has 1 atom stereocenters. The van der Waals surface area contributed by atoms with Crippen LogP contribution in [-0.2, 0) is 5.54 Å². The Kier molecular flexibility index (Phi) is 2.20. The molecule has 0 aliphatic carbocycles. The van der Waals surface area contributed by atoms with Gasteiger partial charge in [-0.3, -0.25) is 4.99 Å². The summed E-state index contributed by atoms with van der Waals surface area (Å²) in [6.45, 7) is 0.0985. The van der Waals surface area contributed by atoms with Crippen LogP contribution in [-0.4, -0.2) is 28.1 Å². The van der Waals surface area contributed by atoms with Crippen LogP contribution in [0.2, 0.25) is 0 Å². The molecule has 0 amide bonds. The van der Waals surface area contributed by atoms with Crippen molar-refractivity contribution in [2.75, 3.05) is 6.61 Å². The number of aliphatic hydroxyl groups is 1. The van der Waals surface area contributed by atoms with Crippen LogP contribution in [0.1, 0.15) is 11.4 Å². The smallest absolute Gasteiger partial charge is 0.149 e. The highest BCUT2D eigenvalue weighted by Gasteiger charge is 2.32. The van der Waals surface area contributed by atoms with Gasteiger partial charge in [-0.15, -0.1) is 21.5 Å². The average molecular weight is 195 g/mol. The van der Waals surface area contributed by atoms with Crippen molar-refractivity contribution in [3.8, 4) is 0 Å². The van der Waals surface area contributed by atoms with Gasteiger partial charge in [0.1, 0.15) is 16.1 Å². The third kappa shape index (κ3) is 1.40. The van der Waals surface area contributed by atoms with E-state index in [0.29, 0.717) is 6.42 Å². The minimum atomic E-state index is -0.448. The maximum Gasteiger partial charge on any atom is 0.149 e. The third-order valence-corrected chi connectivity index (χ3v) is 2.84.